The number of anilines is 1. The Bertz CT molecular complexity index is 649. The van der Waals surface area contributed by atoms with Gasteiger partial charge in [-0.2, -0.15) is 0 Å². The molecule has 2 unspecified atom stereocenters. The zero-order valence-corrected chi connectivity index (χ0v) is 16.2. The second kappa shape index (κ2) is 9.08. The Hall–Kier alpha value is -2.28. The van der Waals surface area contributed by atoms with Crippen molar-refractivity contribution in [2.75, 3.05) is 37.7 Å². The molecule has 0 aliphatic carbocycles. The summed E-state index contributed by atoms with van der Waals surface area (Å²) in [5.74, 6) is 0.812. The first-order valence-electron chi connectivity index (χ1n) is 9.92. The number of amides is 3. The van der Waals surface area contributed by atoms with Crippen LogP contribution in [0.25, 0.3) is 0 Å². The quantitative estimate of drug-likeness (QED) is 0.765. The molecule has 0 aromatic heterocycles. The molecule has 2 atom stereocenters. The monoisotopic (exact) mass is 374 g/mol. The Balaban J connectivity index is 1.47. The minimum Gasteiger partial charge on any atom is -0.494 e. The Morgan fingerprint density at radius 1 is 1.26 bits per heavy atom. The summed E-state index contributed by atoms with van der Waals surface area (Å²) in [4.78, 5) is 28.7. The summed E-state index contributed by atoms with van der Waals surface area (Å²) >= 11 is 0. The highest BCUT2D eigenvalue weighted by molar-refractivity contribution is 5.96. The van der Waals surface area contributed by atoms with Crippen LogP contribution in [0.5, 0.6) is 5.75 Å². The molecule has 2 aliphatic heterocycles. The summed E-state index contributed by atoms with van der Waals surface area (Å²) in [7, 11) is 0. The van der Waals surface area contributed by atoms with Crippen LogP contribution in [0.4, 0.5) is 10.5 Å². The number of nitrogens with zero attached hydrogens (tertiary/aromatic N) is 2. The Labute approximate surface area is 161 Å². The van der Waals surface area contributed by atoms with Crippen molar-refractivity contribution < 1.29 is 14.3 Å². The summed E-state index contributed by atoms with van der Waals surface area (Å²) in [5, 5.41) is 5.91. The first-order chi connectivity index (χ1) is 13.1. The largest absolute Gasteiger partial charge is 0.494 e. The standard InChI is InChI=1S/C20H30N4O3/c1-3-23-11-5-6-17(23)13-21-20(26)22-15-12-19(25)24(14-15)16-7-9-18(10-8-16)27-4-2/h7-10,15,17H,3-6,11-14H2,1-2H3,(H2,21,22,26). The Morgan fingerprint density at radius 3 is 2.74 bits per heavy atom. The number of likely N-dealkylation sites (tertiary alicyclic amines) is 1. The van der Waals surface area contributed by atoms with E-state index in [0.717, 1.165) is 30.9 Å². The van der Waals surface area contributed by atoms with E-state index in [4.69, 9.17) is 4.74 Å². The van der Waals surface area contributed by atoms with E-state index in [2.05, 4.69) is 22.5 Å². The van der Waals surface area contributed by atoms with Gasteiger partial charge in [-0.25, -0.2) is 4.79 Å². The van der Waals surface area contributed by atoms with Gasteiger partial charge in [-0.05, 0) is 57.1 Å². The molecule has 148 valence electrons. The molecule has 1 aromatic carbocycles. The maximum atomic E-state index is 12.3. The zero-order chi connectivity index (χ0) is 19.2. The van der Waals surface area contributed by atoms with Crippen LogP contribution in [0, 0.1) is 0 Å². The molecular weight excluding hydrogens is 344 g/mol. The highest BCUT2D eigenvalue weighted by atomic mass is 16.5. The van der Waals surface area contributed by atoms with Crippen molar-refractivity contribution in [3.8, 4) is 5.75 Å². The van der Waals surface area contributed by atoms with E-state index >= 15 is 0 Å². The van der Waals surface area contributed by atoms with Gasteiger partial charge in [0.2, 0.25) is 5.91 Å². The molecule has 2 fully saturated rings. The molecule has 2 aliphatic rings. The molecular formula is C20H30N4O3. The van der Waals surface area contributed by atoms with E-state index in [9.17, 15) is 9.59 Å². The normalized spacial score (nSPS) is 22.9. The lowest BCUT2D eigenvalue weighted by atomic mass is 10.2. The van der Waals surface area contributed by atoms with E-state index in [0.29, 0.717) is 32.2 Å². The smallest absolute Gasteiger partial charge is 0.315 e. The average molecular weight is 374 g/mol. The van der Waals surface area contributed by atoms with Crippen LogP contribution in [0.3, 0.4) is 0 Å². The number of ether oxygens (including phenoxy) is 1. The number of urea groups is 1. The molecule has 7 nitrogen and oxygen atoms in total. The molecule has 2 saturated heterocycles. The fourth-order valence-corrected chi connectivity index (χ4v) is 3.93. The van der Waals surface area contributed by atoms with Gasteiger partial charge in [0, 0.05) is 31.2 Å². The third kappa shape index (κ3) is 4.91. The first kappa shape index (κ1) is 19.5. The lowest BCUT2D eigenvalue weighted by Crippen LogP contribution is -2.47. The fourth-order valence-electron chi connectivity index (χ4n) is 3.93. The zero-order valence-electron chi connectivity index (χ0n) is 16.2. The van der Waals surface area contributed by atoms with Gasteiger partial charge in [0.05, 0.1) is 12.6 Å². The predicted molar refractivity (Wildman–Crippen MR) is 105 cm³/mol. The van der Waals surface area contributed by atoms with Gasteiger partial charge in [-0.15, -0.1) is 0 Å². The number of benzene rings is 1. The SMILES string of the molecule is CCOc1ccc(N2CC(NC(=O)NCC3CCCN3CC)CC2=O)cc1. The van der Waals surface area contributed by atoms with Crippen molar-refractivity contribution in [1.29, 1.82) is 0 Å². The second-order valence-electron chi connectivity index (χ2n) is 7.11. The second-order valence-corrected chi connectivity index (χ2v) is 7.11. The number of hydrogen-bond acceptors (Lipinski definition) is 4. The number of carbonyl (C=O) groups is 2. The van der Waals surface area contributed by atoms with Crippen LogP contribution in [0.15, 0.2) is 24.3 Å². The molecule has 7 heteroatoms. The van der Waals surface area contributed by atoms with Crippen LogP contribution in [-0.2, 0) is 4.79 Å². The highest BCUT2D eigenvalue weighted by Gasteiger charge is 2.32. The van der Waals surface area contributed by atoms with Crippen molar-refractivity contribution in [2.24, 2.45) is 0 Å². The minimum atomic E-state index is -0.190. The van der Waals surface area contributed by atoms with E-state index in [-0.39, 0.29) is 18.0 Å². The Morgan fingerprint density at radius 2 is 2.04 bits per heavy atom. The summed E-state index contributed by atoms with van der Waals surface area (Å²) in [6.07, 6.45) is 2.64. The van der Waals surface area contributed by atoms with Crippen molar-refractivity contribution in [3.05, 3.63) is 24.3 Å². The first-order valence-corrected chi connectivity index (χ1v) is 9.92. The fraction of sp³-hybridized carbons (Fsp3) is 0.600. The lowest BCUT2D eigenvalue weighted by molar-refractivity contribution is -0.117. The van der Waals surface area contributed by atoms with Gasteiger partial charge < -0.3 is 20.3 Å². The van der Waals surface area contributed by atoms with E-state index in [1.807, 2.05) is 31.2 Å². The Kier molecular flexibility index (Phi) is 6.55. The topological polar surface area (TPSA) is 73.9 Å². The molecule has 2 N–H and O–H groups in total. The average Bonchev–Trinajstić information content (AvgIpc) is 3.27. The van der Waals surface area contributed by atoms with Gasteiger partial charge in [0.1, 0.15) is 5.75 Å². The highest BCUT2D eigenvalue weighted by Crippen LogP contribution is 2.24. The van der Waals surface area contributed by atoms with Crippen LogP contribution < -0.4 is 20.3 Å². The van der Waals surface area contributed by atoms with Crippen LogP contribution in [0.1, 0.15) is 33.1 Å². The van der Waals surface area contributed by atoms with Crippen molar-refractivity contribution in [2.45, 2.75) is 45.2 Å². The van der Waals surface area contributed by atoms with E-state index in [1.165, 1.54) is 6.42 Å². The van der Waals surface area contributed by atoms with E-state index in [1.54, 1.807) is 4.90 Å². The van der Waals surface area contributed by atoms with Crippen molar-refractivity contribution in [1.82, 2.24) is 15.5 Å². The van der Waals surface area contributed by atoms with E-state index < -0.39 is 0 Å². The maximum absolute atomic E-state index is 12.3. The van der Waals surface area contributed by atoms with Gasteiger partial charge in [0.25, 0.3) is 0 Å². The number of hydrogen-bond donors (Lipinski definition) is 2. The number of rotatable bonds is 7. The van der Waals surface area contributed by atoms with Gasteiger partial charge >= 0.3 is 6.03 Å². The van der Waals surface area contributed by atoms with Crippen molar-refractivity contribution in [3.63, 3.8) is 0 Å². The molecule has 27 heavy (non-hydrogen) atoms. The third-order valence-corrected chi connectivity index (χ3v) is 5.32. The molecule has 3 amide bonds. The minimum absolute atomic E-state index is 0.0254. The molecule has 0 spiro atoms. The summed E-state index contributed by atoms with van der Waals surface area (Å²) in [6, 6.07) is 7.54. The molecule has 3 rings (SSSR count). The van der Waals surface area contributed by atoms with Gasteiger partial charge in [-0.1, -0.05) is 6.92 Å². The maximum Gasteiger partial charge on any atom is 0.315 e. The summed E-state index contributed by atoms with van der Waals surface area (Å²) in [5.41, 5.74) is 0.831. The summed E-state index contributed by atoms with van der Waals surface area (Å²) in [6.45, 7) is 7.97. The van der Waals surface area contributed by atoms with Gasteiger partial charge in [-0.3, -0.25) is 9.69 Å². The van der Waals surface area contributed by atoms with Crippen LogP contribution in [-0.4, -0.2) is 61.7 Å². The number of nitrogens with one attached hydrogen (secondary N) is 2. The third-order valence-electron chi connectivity index (χ3n) is 5.32. The number of likely N-dealkylation sites (N-methyl/N-ethyl adjacent to an activating group) is 1. The van der Waals surface area contributed by atoms with Crippen LogP contribution >= 0.6 is 0 Å². The molecule has 0 saturated carbocycles. The summed E-state index contributed by atoms with van der Waals surface area (Å²) < 4.78 is 5.44. The molecule has 0 radical (unpaired) electrons. The van der Waals surface area contributed by atoms with Crippen molar-refractivity contribution >= 4 is 17.6 Å². The molecule has 2 heterocycles. The predicted octanol–water partition coefficient (Wildman–Crippen LogP) is 1.97. The van der Waals surface area contributed by atoms with Crippen LogP contribution in [0.2, 0.25) is 0 Å². The van der Waals surface area contributed by atoms with Gasteiger partial charge in [0.15, 0.2) is 0 Å². The number of carbonyl (C=O) groups excluding carboxylic acids is 2. The molecule has 1 aromatic rings. The molecule has 0 bridgehead atoms. The lowest BCUT2D eigenvalue weighted by Gasteiger charge is -2.23.